The van der Waals surface area contributed by atoms with Crippen LogP contribution in [0.4, 0.5) is 4.79 Å². The predicted molar refractivity (Wildman–Crippen MR) is 73.1 cm³/mol. The molecule has 2 atom stereocenters. The van der Waals surface area contributed by atoms with Gasteiger partial charge in [0.1, 0.15) is 0 Å². The van der Waals surface area contributed by atoms with Gasteiger partial charge in [0.05, 0.1) is 6.10 Å². The van der Waals surface area contributed by atoms with E-state index < -0.39 is 5.97 Å². The molecule has 0 spiro atoms. The Hall–Kier alpha value is -1.30. The van der Waals surface area contributed by atoms with E-state index in [0.717, 1.165) is 12.8 Å². The summed E-state index contributed by atoms with van der Waals surface area (Å²) in [6.45, 7) is 4.94. The van der Waals surface area contributed by atoms with Gasteiger partial charge in [-0.25, -0.2) is 4.79 Å². The van der Waals surface area contributed by atoms with Crippen molar-refractivity contribution in [3.8, 4) is 0 Å². The van der Waals surface area contributed by atoms with E-state index in [2.05, 4.69) is 10.6 Å². The topological polar surface area (TPSA) is 87.7 Å². The van der Waals surface area contributed by atoms with Crippen molar-refractivity contribution in [2.24, 2.45) is 5.92 Å². The SMILES string of the molecule is CCC(CCNC(=O)NCC(C)OC)CCC(=O)O. The highest BCUT2D eigenvalue weighted by molar-refractivity contribution is 5.73. The molecule has 0 rings (SSSR count). The summed E-state index contributed by atoms with van der Waals surface area (Å²) < 4.78 is 5.02. The number of rotatable bonds is 10. The minimum absolute atomic E-state index is 0.00953. The summed E-state index contributed by atoms with van der Waals surface area (Å²) >= 11 is 0. The summed E-state index contributed by atoms with van der Waals surface area (Å²) in [5.74, 6) is -0.424. The van der Waals surface area contributed by atoms with Crippen molar-refractivity contribution in [1.82, 2.24) is 10.6 Å². The second-order valence-electron chi connectivity index (χ2n) is 4.68. The second-order valence-corrected chi connectivity index (χ2v) is 4.68. The molecule has 6 heteroatoms. The van der Waals surface area contributed by atoms with Gasteiger partial charge in [-0.3, -0.25) is 4.79 Å². The molecule has 112 valence electrons. The Morgan fingerprint density at radius 1 is 1.26 bits per heavy atom. The number of carbonyl (C=O) groups is 2. The first-order chi connectivity index (χ1) is 8.99. The summed E-state index contributed by atoms with van der Waals surface area (Å²) in [6.07, 6.45) is 2.57. The smallest absolute Gasteiger partial charge is 0.314 e. The molecule has 19 heavy (non-hydrogen) atoms. The highest BCUT2D eigenvalue weighted by Crippen LogP contribution is 2.14. The first-order valence-corrected chi connectivity index (χ1v) is 6.75. The Labute approximate surface area is 114 Å². The zero-order valence-electron chi connectivity index (χ0n) is 12.1. The van der Waals surface area contributed by atoms with Gasteiger partial charge in [-0.15, -0.1) is 0 Å². The number of hydrogen-bond acceptors (Lipinski definition) is 3. The zero-order chi connectivity index (χ0) is 14.7. The summed E-state index contributed by atoms with van der Waals surface area (Å²) in [6, 6.07) is -0.211. The maximum atomic E-state index is 11.4. The Bertz CT molecular complexity index is 271. The average Bonchev–Trinajstić information content (AvgIpc) is 2.39. The molecular weight excluding hydrogens is 248 g/mol. The molecule has 0 bridgehead atoms. The molecular formula is C13H26N2O4. The molecule has 0 saturated carbocycles. The molecule has 0 aliphatic rings. The molecule has 0 fully saturated rings. The Balaban J connectivity index is 3.68. The first kappa shape index (κ1) is 17.7. The van der Waals surface area contributed by atoms with Crippen molar-refractivity contribution in [3.05, 3.63) is 0 Å². The van der Waals surface area contributed by atoms with E-state index in [-0.39, 0.29) is 18.6 Å². The minimum Gasteiger partial charge on any atom is -0.481 e. The molecule has 2 unspecified atom stereocenters. The van der Waals surface area contributed by atoms with Crippen molar-refractivity contribution in [3.63, 3.8) is 0 Å². The standard InChI is InChI=1S/C13H26N2O4/c1-4-11(5-6-12(16)17)7-8-14-13(18)15-9-10(2)19-3/h10-11H,4-9H2,1-3H3,(H,16,17)(H2,14,15,18). The van der Waals surface area contributed by atoms with Gasteiger partial charge in [0.2, 0.25) is 0 Å². The highest BCUT2D eigenvalue weighted by Gasteiger charge is 2.10. The number of carboxylic acid groups (broad SMARTS) is 1. The number of carboxylic acids is 1. The highest BCUT2D eigenvalue weighted by atomic mass is 16.5. The third-order valence-corrected chi connectivity index (χ3v) is 3.13. The lowest BCUT2D eigenvalue weighted by Gasteiger charge is -2.15. The lowest BCUT2D eigenvalue weighted by Crippen LogP contribution is -2.40. The monoisotopic (exact) mass is 274 g/mol. The fraction of sp³-hybridized carbons (Fsp3) is 0.846. The van der Waals surface area contributed by atoms with E-state index in [1.165, 1.54) is 0 Å². The predicted octanol–water partition coefficient (Wildman–Crippen LogP) is 1.60. The van der Waals surface area contributed by atoms with Gasteiger partial charge in [0.25, 0.3) is 0 Å². The van der Waals surface area contributed by atoms with Crippen LogP contribution in [-0.4, -0.2) is 43.4 Å². The van der Waals surface area contributed by atoms with Crippen molar-refractivity contribution < 1.29 is 19.4 Å². The van der Waals surface area contributed by atoms with Crippen LogP contribution in [0, 0.1) is 5.92 Å². The second kappa shape index (κ2) is 10.6. The number of nitrogens with one attached hydrogen (secondary N) is 2. The van der Waals surface area contributed by atoms with Gasteiger partial charge in [-0.05, 0) is 25.7 Å². The lowest BCUT2D eigenvalue weighted by molar-refractivity contribution is -0.137. The zero-order valence-corrected chi connectivity index (χ0v) is 12.1. The summed E-state index contributed by atoms with van der Waals surface area (Å²) in [7, 11) is 1.60. The summed E-state index contributed by atoms with van der Waals surface area (Å²) in [4.78, 5) is 21.9. The molecule has 0 aromatic heterocycles. The fourth-order valence-electron chi connectivity index (χ4n) is 1.65. The van der Waals surface area contributed by atoms with Gasteiger partial charge < -0.3 is 20.5 Å². The molecule has 0 aromatic rings. The Kier molecular flexibility index (Phi) is 9.88. The van der Waals surface area contributed by atoms with E-state index in [1.54, 1.807) is 7.11 Å². The normalized spacial score (nSPS) is 13.6. The molecule has 0 aromatic carbocycles. The first-order valence-electron chi connectivity index (χ1n) is 6.75. The van der Waals surface area contributed by atoms with Crippen LogP contribution in [0.2, 0.25) is 0 Å². The van der Waals surface area contributed by atoms with Gasteiger partial charge in [-0.2, -0.15) is 0 Å². The largest absolute Gasteiger partial charge is 0.481 e. The molecule has 0 heterocycles. The minimum atomic E-state index is -0.766. The van der Waals surface area contributed by atoms with E-state index in [9.17, 15) is 9.59 Å². The van der Waals surface area contributed by atoms with Crippen molar-refractivity contribution in [2.75, 3.05) is 20.2 Å². The molecule has 0 aliphatic heterocycles. The number of carbonyl (C=O) groups excluding carboxylic acids is 1. The maximum absolute atomic E-state index is 11.4. The molecule has 6 nitrogen and oxygen atoms in total. The molecule has 2 amide bonds. The molecule has 3 N–H and O–H groups in total. The van der Waals surface area contributed by atoms with Crippen molar-refractivity contribution in [2.45, 2.75) is 45.6 Å². The number of ether oxygens (including phenoxy) is 1. The molecule has 0 saturated heterocycles. The van der Waals surface area contributed by atoms with Gasteiger partial charge in [0, 0.05) is 26.6 Å². The van der Waals surface area contributed by atoms with Crippen LogP contribution in [0.5, 0.6) is 0 Å². The fourth-order valence-corrected chi connectivity index (χ4v) is 1.65. The molecule has 0 radical (unpaired) electrons. The average molecular weight is 274 g/mol. The van der Waals surface area contributed by atoms with Crippen LogP contribution in [-0.2, 0) is 9.53 Å². The van der Waals surface area contributed by atoms with Crippen LogP contribution >= 0.6 is 0 Å². The van der Waals surface area contributed by atoms with Crippen LogP contribution in [0.15, 0.2) is 0 Å². The van der Waals surface area contributed by atoms with Crippen LogP contribution in [0.3, 0.4) is 0 Å². The van der Waals surface area contributed by atoms with Crippen molar-refractivity contribution >= 4 is 12.0 Å². The number of aliphatic carboxylic acids is 1. The van der Waals surface area contributed by atoms with E-state index in [0.29, 0.717) is 25.4 Å². The van der Waals surface area contributed by atoms with Crippen LogP contribution in [0.1, 0.15) is 39.5 Å². The van der Waals surface area contributed by atoms with Crippen molar-refractivity contribution in [1.29, 1.82) is 0 Å². The third kappa shape index (κ3) is 10.3. The van der Waals surface area contributed by atoms with E-state index >= 15 is 0 Å². The van der Waals surface area contributed by atoms with Crippen LogP contribution < -0.4 is 10.6 Å². The molecule has 0 aliphatic carbocycles. The number of urea groups is 1. The van der Waals surface area contributed by atoms with Gasteiger partial charge in [-0.1, -0.05) is 13.3 Å². The maximum Gasteiger partial charge on any atom is 0.314 e. The summed E-state index contributed by atoms with van der Waals surface area (Å²) in [5, 5.41) is 14.1. The van der Waals surface area contributed by atoms with Gasteiger partial charge >= 0.3 is 12.0 Å². The van der Waals surface area contributed by atoms with E-state index in [1.807, 2.05) is 13.8 Å². The number of amides is 2. The lowest BCUT2D eigenvalue weighted by atomic mass is 9.97. The third-order valence-electron chi connectivity index (χ3n) is 3.13. The Morgan fingerprint density at radius 2 is 1.95 bits per heavy atom. The van der Waals surface area contributed by atoms with E-state index in [4.69, 9.17) is 9.84 Å². The van der Waals surface area contributed by atoms with Gasteiger partial charge in [0.15, 0.2) is 0 Å². The quantitative estimate of drug-likeness (QED) is 0.564. The number of hydrogen-bond donors (Lipinski definition) is 3. The Morgan fingerprint density at radius 3 is 2.47 bits per heavy atom. The number of methoxy groups -OCH3 is 1. The van der Waals surface area contributed by atoms with Crippen LogP contribution in [0.25, 0.3) is 0 Å². The summed E-state index contributed by atoms with van der Waals surface area (Å²) in [5.41, 5.74) is 0.